The maximum Gasteiger partial charge on any atom is 0.277 e. The van der Waals surface area contributed by atoms with Crippen molar-refractivity contribution >= 4 is 18.2 Å². The first-order valence-corrected chi connectivity index (χ1v) is 7.10. The molecule has 0 aliphatic rings. The van der Waals surface area contributed by atoms with Gasteiger partial charge in [-0.2, -0.15) is 0 Å². The molecule has 0 atom stereocenters. The SMILES string of the molecule is OCN[P+](O)(c1ccccc1)c1ccccc1. The molecule has 0 unspecified atom stereocenters. The Morgan fingerprint density at radius 1 is 0.824 bits per heavy atom. The Morgan fingerprint density at radius 3 is 1.59 bits per heavy atom. The van der Waals surface area contributed by atoms with Crippen LogP contribution >= 0.6 is 7.64 Å². The smallest absolute Gasteiger partial charge is 0.277 e. The van der Waals surface area contributed by atoms with E-state index in [1.165, 1.54) is 0 Å². The topological polar surface area (TPSA) is 52.5 Å². The van der Waals surface area contributed by atoms with Gasteiger partial charge in [-0.05, 0) is 24.3 Å². The molecule has 0 aliphatic heterocycles. The second kappa shape index (κ2) is 5.39. The Kier molecular flexibility index (Phi) is 3.87. The van der Waals surface area contributed by atoms with Gasteiger partial charge in [-0.1, -0.05) is 36.4 Å². The average Bonchev–Trinajstić information content (AvgIpc) is 2.41. The van der Waals surface area contributed by atoms with Crippen molar-refractivity contribution in [1.82, 2.24) is 5.09 Å². The van der Waals surface area contributed by atoms with E-state index in [1.54, 1.807) is 0 Å². The van der Waals surface area contributed by atoms with Crippen molar-refractivity contribution < 1.29 is 10.00 Å². The molecule has 0 saturated heterocycles. The highest BCUT2D eigenvalue weighted by atomic mass is 31.2. The molecule has 3 N–H and O–H groups in total. The van der Waals surface area contributed by atoms with Crippen LogP contribution in [-0.2, 0) is 0 Å². The second-order valence-corrected chi connectivity index (χ2v) is 6.24. The van der Waals surface area contributed by atoms with Gasteiger partial charge in [-0.15, -0.1) is 5.09 Å². The fourth-order valence-corrected chi connectivity index (χ4v) is 3.80. The van der Waals surface area contributed by atoms with Crippen molar-refractivity contribution in [3.05, 3.63) is 60.7 Å². The van der Waals surface area contributed by atoms with Gasteiger partial charge in [0, 0.05) is 0 Å². The van der Waals surface area contributed by atoms with Crippen LogP contribution in [0.2, 0.25) is 0 Å². The first-order chi connectivity index (χ1) is 8.27. The summed E-state index contributed by atoms with van der Waals surface area (Å²) in [6.07, 6.45) is 0. The van der Waals surface area contributed by atoms with Crippen molar-refractivity contribution in [2.24, 2.45) is 0 Å². The third-order valence-corrected chi connectivity index (χ3v) is 5.25. The van der Waals surface area contributed by atoms with Gasteiger partial charge in [0.2, 0.25) is 0 Å². The monoisotopic (exact) mass is 248 g/mol. The van der Waals surface area contributed by atoms with Crippen molar-refractivity contribution in [1.29, 1.82) is 0 Å². The Hall–Kier alpha value is -1.25. The standard InChI is InChI=1S/C13H15NO2P/c15-11-14-17(16,12-7-3-1-4-8-12)13-9-5-2-6-10-13/h1-10,14-16H,11H2/q+1. The minimum atomic E-state index is -2.67. The first-order valence-electron chi connectivity index (χ1n) is 5.36. The summed E-state index contributed by atoms with van der Waals surface area (Å²) in [5.74, 6) is 0. The Balaban J connectivity index is 2.47. The molecule has 0 aromatic heterocycles. The van der Waals surface area contributed by atoms with Crippen molar-refractivity contribution in [2.45, 2.75) is 0 Å². The summed E-state index contributed by atoms with van der Waals surface area (Å²) in [6.45, 7) is -0.256. The number of nitrogens with one attached hydrogen (secondary N) is 1. The molecule has 0 radical (unpaired) electrons. The molecule has 4 heteroatoms. The highest BCUT2D eigenvalue weighted by Crippen LogP contribution is 2.46. The molecule has 0 aliphatic carbocycles. The van der Waals surface area contributed by atoms with Crippen molar-refractivity contribution in [2.75, 3.05) is 6.73 Å². The number of aliphatic hydroxyl groups excluding tert-OH is 1. The van der Waals surface area contributed by atoms with Gasteiger partial charge < -0.3 is 5.11 Å². The van der Waals surface area contributed by atoms with Crippen LogP contribution in [0.15, 0.2) is 60.7 Å². The molecule has 2 aromatic carbocycles. The second-order valence-electron chi connectivity index (χ2n) is 3.62. The van der Waals surface area contributed by atoms with E-state index in [2.05, 4.69) is 5.09 Å². The van der Waals surface area contributed by atoms with E-state index >= 15 is 0 Å². The molecule has 0 heterocycles. The van der Waals surface area contributed by atoms with Gasteiger partial charge in [0.1, 0.15) is 17.3 Å². The predicted octanol–water partition coefficient (Wildman–Crippen LogP) is 1.02. The lowest BCUT2D eigenvalue weighted by Gasteiger charge is -2.19. The predicted molar refractivity (Wildman–Crippen MR) is 71.5 cm³/mol. The number of hydrogen-bond acceptors (Lipinski definition) is 3. The van der Waals surface area contributed by atoms with E-state index in [-0.39, 0.29) is 6.73 Å². The van der Waals surface area contributed by atoms with Crippen LogP contribution in [0.1, 0.15) is 0 Å². The van der Waals surface area contributed by atoms with Crippen LogP contribution in [0.3, 0.4) is 0 Å². The number of aliphatic hydroxyl groups is 1. The maximum atomic E-state index is 10.8. The van der Waals surface area contributed by atoms with Gasteiger partial charge in [-0.25, -0.2) is 4.89 Å². The summed E-state index contributed by atoms with van der Waals surface area (Å²) in [4.78, 5) is 10.8. The van der Waals surface area contributed by atoms with Crippen LogP contribution in [0.4, 0.5) is 0 Å². The van der Waals surface area contributed by atoms with E-state index in [0.29, 0.717) is 0 Å². The summed E-state index contributed by atoms with van der Waals surface area (Å²) in [5, 5.41) is 13.5. The first kappa shape index (κ1) is 12.2. The van der Waals surface area contributed by atoms with Gasteiger partial charge in [0.15, 0.2) is 0 Å². The highest BCUT2D eigenvalue weighted by Gasteiger charge is 2.41. The van der Waals surface area contributed by atoms with Crippen LogP contribution in [0.25, 0.3) is 0 Å². The lowest BCUT2D eigenvalue weighted by atomic mass is 10.4. The van der Waals surface area contributed by atoms with Gasteiger partial charge >= 0.3 is 0 Å². The molecule has 3 nitrogen and oxygen atoms in total. The fraction of sp³-hybridized carbons (Fsp3) is 0.0769. The number of benzene rings is 2. The summed E-state index contributed by atoms with van der Waals surface area (Å²) in [6, 6.07) is 18.8. The number of rotatable bonds is 4. The van der Waals surface area contributed by atoms with Gasteiger partial charge in [0.05, 0.1) is 0 Å². The molecule has 2 rings (SSSR count). The lowest BCUT2D eigenvalue weighted by molar-refractivity contribution is 0.287. The summed E-state index contributed by atoms with van der Waals surface area (Å²) >= 11 is 0. The van der Waals surface area contributed by atoms with Crippen LogP contribution in [-0.4, -0.2) is 16.7 Å². The average molecular weight is 248 g/mol. The van der Waals surface area contributed by atoms with Gasteiger partial charge in [0.25, 0.3) is 7.64 Å². The van der Waals surface area contributed by atoms with E-state index in [0.717, 1.165) is 10.6 Å². The third kappa shape index (κ3) is 2.54. The van der Waals surface area contributed by atoms with Crippen LogP contribution < -0.4 is 15.7 Å². The lowest BCUT2D eigenvalue weighted by Crippen LogP contribution is -2.33. The zero-order valence-corrected chi connectivity index (χ0v) is 10.2. The third-order valence-electron chi connectivity index (χ3n) is 2.56. The van der Waals surface area contributed by atoms with E-state index in [1.807, 2.05) is 60.7 Å². The quantitative estimate of drug-likeness (QED) is 0.559. The van der Waals surface area contributed by atoms with Crippen LogP contribution in [0.5, 0.6) is 0 Å². The molecule has 0 bridgehead atoms. The molecular formula is C13H15NO2P+. The molecule has 0 spiro atoms. The summed E-state index contributed by atoms with van der Waals surface area (Å²) in [5.41, 5.74) is 0. The van der Waals surface area contributed by atoms with E-state index < -0.39 is 7.64 Å². The fourth-order valence-electron chi connectivity index (χ4n) is 1.72. The maximum absolute atomic E-state index is 10.8. The zero-order valence-electron chi connectivity index (χ0n) is 9.32. The van der Waals surface area contributed by atoms with Crippen molar-refractivity contribution in [3.63, 3.8) is 0 Å². The summed E-state index contributed by atoms with van der Waals surface area (Å²) in [7, 11) is -2.67. The number of hydrogen-bond donors (Lipinski definition) is 3. The molecule has 0 fully saturated rings. The van der Waals surface area contributed by atoms with E-state index in [4.69, 9.17) is 5.11 Å². The summed E-state index contributed by atoms with van der Waals surface area (Å²) < 4.78 is 0. The molecular weight excluding hydrogens is 233 g/mol. The van der Waals surface area contributed by atoms with E-state index in [9.17, 15) is 4.89 Å². The molecule has 88 valence electrons. The molecule has 17 heavy (non-hydrogen) atoms. The molecule has 2 aromatic rings. The Morgan fingerprint density at radius 2 is 1.24 bits per heavy atom. The Labute approximate surface area is 101 Å². The minimum Gasteiger partial charge on any atom is -0.378 e. The normalized spacial score (nSPS) is 11.4. The zero-order chi connectivity index (χ0) is 12.1. The van der Waals surface area contributed by atoms with Crippen LogP contribution in [0, 0.1) is 0 Å². The molecule has 0 saturated carbocycles. The minimum absolute atomic E-state index is 0.256. The Bertz CT molecular complexity index is 422. The van der Waals surface area contributed by atoms with Gasteiger partial charge in [-0.3, -0.25) is 0 Å². The highest BCUT2D eigenvalue weighted by molar-refractivity contribution is 7.82. The largest absolute Gasteiger partial charge is 0.378 e. The molecule has 0 amide bonds. The van der Waals surface area contributed by atoms with Crippen molar-refractivity contribution in [3.8, 4) is 0 Å².